The van der Waals surface area contributed by atoms with Gasteiger partial charge in [-0.05, 0) is 38.5 Å². The molecule has 0 spiro atoms. The molecule has 0 saturated carbocycles. The molecule has 1 aliphatic heterocycles. The van der Waals surface area contributed by atoms with Crippen molar-refractivity contribution in [3.8, 4) is 22.6 Å². The maximum Gasteiger partial charge on any atom is 0.382 e. The fourth-order valence-electron chi connectivity index (χ4n) is 2.51. The van der Waals surface area contributed by atoms with E-state index in [1.165, 1.54) is 0 Å². The van der Waals surface area contributed by atoms with Crippen molar-refractivity contribution in [2.24, 2.45) is 0 Å². The van der Waals surface area contributed by atoms with E-state index < -0.39 is 7.60 Å². The van der Waals surface area contributed by atoms with E-state index in [1.807, 2.05) is 25.1 Å². The van der Waals surface area contributed by atoms with Crippen LogP contribution in [0.4, 0.5) is 0 Å². The highest BCUT2D eigenvalue weighted by Crippen LogP contribution is 2.49. The number of H-pyrrole nitrogens is 1. The third-order valence-corrected chi connectivity index (χ3v) is 5.49. The van der Waals surface area contributed by atoms with Crippen LogP contribution in [0.5, 0.6) is 11.5 Å². The largest absolute Gasteiger partial charge is 0.454 e. The third kappa shape index (κ3) is 2.87. The van der Waals surface area contributed by atoms with Crippen LogP contribution in [0.25, 0.3) is 11.1 Å². The molecular formula is C15H19N2O5P. The normalized spacial score (nSPS) is 13.5. The molecule has 0 radical (unpaired) electrons. The molecule has 124 valence electrons. The second-order valence-corrected chi connectivity index (χ2v) is 6.88. The first-order valence-corrected chi connectivity index (χ1v) is 8.98. The summed E-state index contributed by atoms with van der Waals surface area (Å²) in [5, 5.41) is 7.06. The quantitative estimate of drug-likeness (QED) is 0.815. The number of aryl methyl sites for hydroxylation is 1. The molecule has 2 aromatic rings. The van der Waals surface area contributed by atoms with Crippen LogP contribution in [0.15, 0.2) is 18.2 Å². The van der Waals surface area contributed by atoms with E-state index in [2.05, 4.69) is 10.2 Å². The molecule has 7 nitrogen and oxygen atoms in total. The molecule has 2 heterocycles. The first-order valence-electron chi connectivity index (χ1n) is 7.43. The first-order chi connectivity index (χ1) is 11.1. The zero-order chi connectivity index (χ0) is 16.4. The summed E-state index contributed by atoms with van der Waals surface area (Å²) in [5.74, 6) is 1.34. The van der Waals surface area contributed by atoms with Gasteiger partial charge in [0.2, 0.25) is 6.79 Å². The summed E-state index contributed by atoms with van der Waals surface area (Å²) in [4.78, 5) is 0. The number of aromatic amines is 1. The molecule has 0 saturated heterocycles. The average Bonchev–Trinajstić information content (AvgIpc) is 3.13. The average molecular weight is 338 g/mol. The van der Waals surface area contributed by atoms with Gasteiger partial charge in [0.1, 0.15) is 0 Å². The molecule has 23 heavy (non-hydrogen) atoms. The summed E-state index contributed by atoms with van der Waals surface area (Å²) in [6, 6.07) is 5.53. The van der Waals surface area contributed by atoms with Gasteiger partial charge in [-0.3, -0.25) is 9.66 Å². The van der Waals surface area contributed by atoms with E-state index >= 15 is 0 Å². The molecule has 1 aliphatic rings. The van der Waals surface area contributed by atoms with Crippen LogP contribution in [0, 0.1) is 6.92 Å². The standard InChI is InChI=1S/C15H19N2O5P/c1-4-21-23(18,22-5-2)15-14(10(3)16-17-15)11-6-7-12-13(8-11)20-9-19-12/h6-8H,4-5,9H2,1-3H3,(H,16,17). The van der Waals surface area contributed by atoms with Gasteiger partial charge in [-0.15, -0.1) is 0 Å². The molecule has 8 heteroatoms. The summed E-state index contributed by atoms with van der Waals surface area (Å²) < 4.78 is 34.7. The van der Waals surface area contributed by atoms with Crippen molar-refractivity contribution in [2.75, 3.05) is 20.0 Å². The summed E-state index contributed by atoms with van der Waals surface area (Å²) in [6.45, 7) is 6.13. The minimum Gasteiger partial charge on any atom is -0.454 e. The molecule has 0 fully saturated rings. The molecule has 1 aromatic heterocycles. The fraction of sp³-hybridized carbons (Fsp3) is 0.400. The molecule has 0 amide bonds. The Kier molecular flexibility index (Phi) is 4.43. The van der Waals surface area contributed by atoms with Gasteiger partial charge >= 0.3 is 7.60 Å². The highest BCUT2D eigenvalue weighted by molar-refractivity contribution is 7.62. The maximum atomic E-state index is 13.1. The maximum absolute atomic E-state index is 13.1. The number of hydrogen-bond donors (Lipinski definition) is 1. The van der Waals surface area contributed by atoms with Crippen LogP contribution in [-0.4, -0.2) is 30.2 Å². The summed E-state index contributed by atoms with van der Waals surface area (Å²) in [6.07, 6.45) is 0. The number of hydrogen-bond acceptors (Lipinski definition) is 6. The van der Waals surface area contributed by atoms with Crippen molar-refractivity contribution < 1.29 is 23.1 Å². The number of nitrogens with zero attached hydrogens (tertiary/aromatic N) is 1. The minimum absolute atomic E-state index is 0.201. The van der Waals surface area contributed by atoms with Crippen LogP contribution in [-0.2, 0) is 13.6 Å². The van der Waals surface area contributed by atoms with Crippen molar-refractivity contribution in [1.29, 1.82) is 0 Å². The van der Waals surface area contributed by atoms with Crippen LogP contribution >= 0.6 is 7.60 Å². The highest BCUT2D eigenvalue weighted by atomic mass is 31.2. The lowest BCUT2D eigenvalue weighted by Gasteiger charge is -2.16. The van der Waals surface area contributed by atoms with Gasteiger partial charge in [0.15, 0.2) is 16.9 Å². The Bertz CT molecular complexity index is 748. The van der Waals surface area contributed by atoms with Crippen molar-refractivity contribution in [2.45, 2.75) is 20.8 Å². The number of ether oxygens (including phenoxy) is 2. The monoisotopic (exact) mass is 338 g/mol. The predicted molar refractivity (Wildman–Crippen MR) is 85.4 cm³/mol. The first kappa shape index (κ1) is 16.1. The third-order valence-electron chi connectivity index (χ3n) is 3.45. The number of nitrogens with one attached hydrogen (secondary N) is 1. The van der Waals surface area contributed by atoms with E-state index in [0.29, 0.717) is 17.1 Å². The number of rotatable bonds is 6. The summed E-state index contributed by atoms with van der Waals surface area (Å²) in [5.41, 5.74) is 2.58. The topological polar surface area (TPSA) is 82.7 Å². The van der Waals surface area contributed by atoms with Gasteiger partial charge in [0, 0.05) is 11.3 Å². The molecule has 0 atom stereocenters. The van der Waals surface area contributed by atoms with E-state index in [1.54, 1.807) is 13.8 Å². The van der Waals surface area contributed by atoms with Crippen molar-refractivity contribution in [3.05, 3.63) is 23.9 Å². The molecule has 0 bridgehead atoms. The molecule has 0 unspecified atom stereocenters. The van der Waals surface area contributed by atoms with Crippen molar-refractivity contribution in [3.63, 3.8) is 0 Å². The lowest BCUT2D eigenvalue weighted by Crippen LogP contribution is -2.14. The second-order valence-electron chi connectivity index (χ2n) is 4.95. The van der Waals surface area contributed by atoms with E-state index in [4.69, 9.17) is 18.5 Å². The number of benzene rings is 1. The molecule has 0 aliphatic carbocycles. The van der Waals surface area contributed by atoms with Gasteiger partial charge < -0.3 is 18.5 Å². The SMILES string of the molecule is CCOP(=O)(OCC)c1n[nH]c(C)c1-c1ccc2c(c1)OCO2. The Balaban J connectivity index is 2.10. The highest BCUT2D eigenvalue weighted by Gasteiger charge is 2.34. The van der Waals surface area contributed by atoms with Crippen LogP contribution in [0.3, 0.4) is 0 Å². The Labute approximate surface area is 134 Å². The Morgan fingerprint density at radius 2 is 1.91 bits per heavy atom. The number of aromatic nitrogens is 2. The van der Waals surface area contributed by atoms with Crippen LogP contribution in [0.2, 0.25) is 0 Å². The van der Waals surface area contributed by atoms with Crippen molar-refractivity contribution >= 4 is 13.0 Å². The molecule has 3 rings (SSSR count). The molecular weight excluding hydrogens is 319 g/mol. The zero-order valence-corrected chi connectivity index (χ0v) is 14.2. The Morgan fingerprint density at radius 3 is 2.61 bits per heavy atom. The van der Waals surface area contributed by atoms with Gasteiger partial charge in [0.05, 0.1) is 13.2 Å². The van der Waals surface area contributed by atoms with Gasteiger partial charge in [-0.2, -0.15) is 5.10 Å². The van der Waals surface area contributed by atoms with Gasteiger partial charge in [-0.25, -0.2) is 0 Å². The lowest BCUT2D eigenvalue weighted by atomic mass is 10.1. The lowest BCUT2D eigenvalue weighted by molar-refractivity contribution is 0.174. The second kappa shape index (κ2) is 6.35. The number of fused-ring (bicyclic) bond motifs is 1. The van der Waals surface area contributed by atoms with Crippen molar-refractivity contribution in [1.82, 2.24) is 10.2 Å². The van der Waals surface area contributed by atoms with Crippen LogP contribution < -0.4 is 14.9 Å². The smallest absolute Gasteiger partial charge is 0.382 e. The minimum atomic E-state index is -3.49. The summed E-state index contributed by atoms with van der Waals surface area (Å²) in [7, 11) is -3.49. The van der Waals surface area contributed by atoms with E-state index in [9.17, 15) is 4.57 Å². The van der Waals surface area contributed by atoms with Gasteiger partial charge in [0.25, 0.3) is 0 Å². The predicted octanol–water partition coefficient (Wildman–Crippen LogP) is 3.01. The van der Waals surface area contributed by atoms with E-state index in [0.717, 1.165) is 11.3 Å². The van der Waals surface area contributed by atoms with E-state index in [-0.39, 0.29) is 25.4 Å². The molecule has 1 N–H and O–H groups in total. The summed E-state index contributed by atoms with van der Waals surface area (Å²) >= 11 is 0. The molecule has 1 aromatic carbocycles. The zero-order valence-electron chi connectivity index (χ0n) is 13.3. The Hall–Kier alpha value is -1.82. The van der Waals surface area contributed by atoms with Gasteiger partial charge in [-0.1, -0.05) is 6.07 Å². The Morgan fingerprint density at radius 1 is 1.22 bits per heavy atom. The van der Waals surface area contributed by atoms with Crippen LogP contribution in [0.1, 0.15) is 19.5 Å². The fourth-order valence-corrected chi connectivity index (χ4v) is 4.25.